The molecular formula is C33H39BO3. The van der Waals surface area contributed by atoms with Gasteiger partial charge in [-0.25, -0.2) is 0 Å². The summed E-state index contributed by atoms with van der Waals surface area (Å²) in [6, 6.07) is 22.6. The fourth-order valence-electron chi connectivity index (χ4n) is 6.29. The Morgan fingerprint density at radius 2 is 1.41 bits per heavy atom. The highest BCUT2D eigenvalue weighted by molar-refractivity contribution is 6.62. The fraction of sp³-hybridized carbons (Fsp3) is 0.455. The highest BCUT2D eigenvalue weighted by atomic mass is 16.7. The normalized spacial score (nSPS) is 23.8. The second-order valence-electron chi connectivity index (χ2n) is 12.6. The number of hydrogen-bond acceptors (Lipinski definition) is 3. The molecular weight excluding hydrogens is 455 g/mol. The molecule has 3 nitrogen and oxygen atoms in total. The SMILES string of the molecule is CCCCOC1c2ccccc2C1c1ccc2c(c1)C(C)(C)c1cc(B3OC(C)(C)C(C)(C)O3)ccc1-2. The van der Waals surface area contributed by atoms with Gasteiger partial charge in [-0.2, -0.15) is 0 Å². The molecule has 0 radical (unpaired) electrons. The van der Waals surface area contributed by atoms with Gasteiger partial charge in [0.25, 0.3) is 0 Å². The van der Waals surface area contributed by atoms with E-state index in [0.29, 0.717) is 0 Å². The summed E-state index contributed by atoms with van der Waals surface area (Å²) < 4.78 is 19.2. The van der Waals surface area contributed by atoms with Crippen LogP contribution >= 0.6 is 0 Å². The summed E-state index contributed by atoms with van der Waals surface area (Å²) in [7, 11) is -0.349. The zero-order valence-electron chi connectivity index (χ0n) is 23.4. The van der Waals surface area contributed by atoms with Crippen molar-refractivity contribution in [1.82, 2.24) is 0 Å². The molecule has 2 unspecified atom stereocenters. The molecule has 0 amide bonds. The maximum Gasteiger partial charge on any atom is 0.494 e. The van der Waals surface area contributed by atoms with E-state index in [9.17, 15) is 0 Å². The van der Waals surface area contributed by atoms with Gasteiger partial charge in [0.2, 0.25) is 0 Å². The molecule has 1 fully saturated rings. The van der Waals surface area contributed by atoms with Crippen molar-refractivity contribution in [2.45, 2.75) is 89.9 Å². The number of ether oxygens (including phenoxy) is 1. The Morgan fingerprint density at radius 1 is 0.784 bits per heavy atom. The maximum absolute atomic E-state index is 6.42. The smallest absolute Gasteiger partial charge is 0.399 e. The van der Waals surface area contributed by atoms with Crippen molar-refractivity contribution < 1.29 is 14.0 Å². The second kappa shape index (κ2) is 8.56. The van der Waals surface area contributed by atoms with E-state index in [1.54, 1.807) is 0 Å². The lowest BCUT2D eigenvalue weighted by molar-refractivity contribution is 0.00578. The quantitative estimate of drug-likeness (QED) is 0.266. The maximum atomic E-state index is 6.42. The van der Waals surface area contributed by atoms with Crippen molar-refractivity contribution in [3.05, 3.63) is 88.5 Å². The van der Waals surface area contributed by atoms with Crippen LogP contribution in [-0.2, 0) is 19.5 Å². The molecule has 3 aliphatic rings. The van der Waals surface area contributed by atoms with Crippen molar-refractivity contribution >= 4 is 12.6 Å². The minimum absolute atomic E-state index is 0.109. The Labute approximate surface area is 222 Å². The number of benzene rings is 3. The Kier molecular flexibility index (Phi) is 5.76. The van der Waals surface area contributed by atoms with Crippen molar-refractivity contribution in [3.63, 3.8) is 0 Å². The second-order valence-corrected chi connectivity index (χ2v) is 12.6. The first-order chi connectivity index (χ1) is 17.5. The highest BCUT2D eigenvalue weighted by Crippen LogP contribution is 2.54. The van der Waals surface area contributed by atoms with Gasteiger partial charge in [0.15, 0.2) is 0 Å². The third kappa shape index (κ3) is 3.75. The van der Waals surface area contributed by atoms with E-state index < -0.39 is 0 Å². The van der Waals surface area contributed by atoms with Gasteiger partial charge in [-0.15, -0.1) is 0 Å². The topological polar surface area (TPSA) is 27.7 Å². The molecule has 0 bridgehead atoms. The third-order valence-corrected chi connectivity index (χ3v) is 9.34. The van der Waals surface area contributed by atoms with Crippen molar-refractivity contribution in [2.24, 2.45) is 0 Å². The summed E-state index contributed by atoms with van der Waals surface area (Å²) in [4.78, 5) is 0. The first kappa shape index (κ1) is 24.9. The third-order valence-electron chi connectivity index (χ3n) is 9.34. The van der Waals surface area contributed by atoms with Crippen LogP contribution in [0.25, 0.3) is 11.1 Å². The Bertz CT molecular complexity index is 1340. The van der Waals surface area contributed by atoms with Crippen LogP contribution in [-0.4, -0.2) is 24.9 Å². The molecule has 1 saturated heterocycles. The summed E-state index contributed by atoms with van der Waals surface area (Å²) in [5, 5.41) is 0. The molecule has 0 aromatic heterocycles. The lowest BCUT2D eigenvalue weighted by atomic mass is 9.70. The highest BCUT2D eigenvalue weighted by Gasteiger charge is 2.52. The summed E-state index contributed by atoms with van der Waals surface area (Å²) in [6.45, 7) is 16.2. The molecule has 192 valence electrons. The van der Waals surface area contributed by atoms with Gasteiger partial charge >= 0.3 is 7.12 Å². The van der Waals surface area contributed by atoms with Gasteiger partial charge in [0, 0.05) is 17.9 Å². The van der Waals surface area contributed by atoms with Crippen LogP contribution < -0.4 is 5.46 Å². The molecule has 0 N–H and O–H groups in total. The van der Waals surface area contributed by atoms with Gasteiger partial charge in [-0.05, 0) is 78.5 Å². The molecule has 6 rings (SSSR count). The van der Waals surface area contributed by atoms with E-state index in [2.05, 4.69) is 109 Å². The summed E-state index contributed by atoms with van der Waals surface area (Å²) >= 11 is 0. The van der Waals surface area contributed by atoms with Crippen LogP contribution in [0.1, 0.15) is 101 Å². The molecule has 0 spiro atoms. The van der Waals surface area contributed by atoms with Gasteiger partial charge < -0.3 is 14.0 Å². The summed E-state index contributed by atoms with van der Waals surface area (Å²) in [5.41, 5.74) is 9.77. The molecule has 3 aromatic rings. The molecule has 0 saturated carbocycles. The number of unbranched alkanes of at least 4 members (excludes halogenated alkanes) is 1. The largest absolute Gasteiger partial charge is 0.494 e. The van der Waals surface area contributed by atoms with Crippen LogP contribution in [0.3, 0.4) is 0 Å². The van der Waals surface area contributed by atoms with Gasteiger partial charge in [0.05, 0.1) is 17.3 Å². The van der Waals surface area contributed by atoms with Crippen LogP contribution in [0, 0.1) is 0 Å². The van der Waals surface area contributed by atoms with Crippen LogP contribution in [0.2, 0.25) is 0 Å². The summed E-state index contributed by atoms with van der Waals surface area (Å²) in [5.74, 6) is 0.290. The van der Waals surface area contributed by atoms with E-state index >= 15 is 0 Å². The molecule has 4 heteroatoms. The molecule has 2 atom stereocenters. The predicted molar refractivity (Wildman–Crippen MR) is 152 cm³/mol. The Balaban J connectivity index is 1.34. The number of rotatable bonds is 6. The van der Waals surface area contributed by atoms with E-state index in [1.807, 2.05) is 0 Å². The summed E-state index contributed by atoms with van der Waals surface area (Å²) in [6.07, 6.45) is 2.39. The van der Waals surface area contributed by atoms with Gasteiger partial charge in [-0.1, -0.05) is 87.9 Å². The number of fused-ring (bicyclic) bond motifs is 4. The minimum atomic E-state index is -0.349. The standard InChI is InChI=1S/C33H39BO3/c1-8-9-18-35-30-26-13-11-10-12-25(26)29(30)21-14-16-23-24-17-15-22(20-28(24)31(2,3)27(23)19-21)34-36-32(4,5)33(6,7)37-34/h10-17,19-20,29-30H,8-9,18H2,1-7H3. The average Bonchev–Trinajstić information content (AvgIpc) is 3.21. The van der Waals surface area contributed by atoms with E-state index in [1.165, 1.54) is 38.9 Å². The first-order valence-corrected chi connectivity index (χ1v) is 13.9. The number of hydrogen-bond donors (Lipinski definition) is 0. The lowest BCUT2D eigenvalue weighted by Gasteiger charge is -2.40. The molecule has 1 aliphatic heterocycles. The van der Waals surface area contributed by atoms with Crippen molar-refractivity contribution in [2.75, 3.05) is 6.61 Å². The fourth-order valence-corrected chi connectivity index (χ4v) is 6.29. The van der Waals surface area contributed by atoms with Crippen molar-refractivity contribution in [3.8, 4) is 11.1 Å². The predicted octanol–water partition coefficient (Wildman–Crippen LogP) is 7.30. The molecule has 3 aromatic carbocycles. The molecule has 1 heterocycles. The lowest BCUT2D eigenvalue weighted by Crippen LogP contribution is -2.41. The van der Waals surface area contributed by atoms with Crippen molar-refractivity contribution in [1.29, 1.82) is 0 Å². The van der Waals surface area contributed by atoms with Gasteiger partial charge in [0.1, 0.15) is 0 Å². The van der Waals surface area contributed by atoms with E-state index in [-0.39, 0.29) is 35.8 Å². The van der Waals surface area contributed by atoms with Crippen LogP contribution in [0.4, 0.5) is 0 Å². The average molecular weight is 494 g/mol. The minimum Gasteiger partial charge on any atom is -0.399 e. The van der Waals surface area contributed by atoms with Crippen LogP contribution in [0.15, 0.2) is 60.7 Å². The van der Waals surface area contributed by atoms with E-state index in [0.717, 1.165) is 24.9 Å². The first-order valence-electron chi connectivity index (χ1n) is 13.9. The Hall–Kier alpha value is -2.40. The zero-order valence-corrected chi connectivity index (χ0v) is 23.4. The van der Waals surface area contributed by atoms with Gasteiger partial charge in [-0.3, -0.25) is 0 Å². The van der Waals surface area contributed by atoms with Crippen LogP contribution in [0.5, 0.6) is 0 Å². The molecule has 37 heavy (non-hydrogen) atoms. The zero-order chi connectivity index (χ0) is 26.2. The Morgan fingerprint density at radius 3 is 2.08 bits per heavy atom. The molecule has 2 aliphatic carbocycles. The van der Waals surface area contributed by atoms with E-state index in [4.69, 9.17) is 14.0 Å². The monoisotopic (exact) mass is 494 g/mol.